The van der Waals surface area contributed by atoms with Crippen molar-refractivity contribution in [2.24, 2.45) is 5.73 Å². The predicted molar refractivity (Wildman–Crippen MR) is 59.5 cm³/mol. The standard InChI is InChI=1S/C12H18N2O/c1-2-9-3-4-11(14-8-9)7-12(15)5-10(13)6-12/h3-4,8,10,15H,2,5-7,13H2,1H3. The third kappa shape index (κ3) is 2.36. The Balaban J connectivity index is 1.99. The van der Waals surface area contributed by atoms with Gasteiger partial charge in [0.1, 0.15) is 0 Å². The average Bonchev–Trinajstić information content (AvgIpc) is 2.17. The maximum atomic E-state index is 10.0. The molecule has 1 heterocycles. The van der Waals surface area contributed by atoms with E-state index >= 15 is 0 Å². The van der Waals surface area contributed by atoms with Crippen LogP contribution < -0.4 is 5.73 Å². The van der Waals surface area contributed by atoms with Gasteiger partial charge in [0.15, 0.2) is 0 Å². The Kier molecular flexibility index (Phi) is 2.76. The third-order valence-corrected chi connectivity index (χ3v) is 3.09. The minimum atomic E-state index is -0.597. The summed E-state index contributed by atoms with van der Waals surface area (Å²) < 4.78 is 0. The fourth-order valence-corrected chi connectivity index (χ4v) is 2.17. The number of pyridine rings is 1. The first kappa shape index (κ1) is 10.6. The minimum Gasteiger partial charge on any atom is -0.389 e. The summed E-state index contributed by atoms with van der Waals surface area (Å²) in [5.74, 6) is 0. The molecule has 0 amide bonds. The number of aryl methyl sites for hydroxylation is 1. The van der Waals surface area contributed by atoms with Gasteiger partial charge < -0.3 is 10.8 Å². The van der Waals surface area contributed by atoms with Crippen LogP contribution in [0.5, 0.6) is 0 Å². The van der Waals surface area contributed by atoms with Gasteiger partial charge in [-0.2, -0.15) is 0 Å². The molecule has 0 unspecified atom stereocenters. The van der Waals surface area contributed by atoms with Gasteiger partial charge in [-0.25, -0.2) is 0 Å². The van der Waals surface area contributed by atoms with Crippen molar-refractivity contribution in [3.05, 3.63) is 29.6 Å². The molecule has 15 heavy (non-hydrogen) atoms. The van der Waals surface area contributed by atoms with Crippen LogP contribution in [0.4, 0.5) is 0 Å². The zero-order valence-electron chi connectivity index (χ0n) is 9.11. The Morgan fingerprint density at radius 3 is 2.73 bits per heavy atom. The monoisotopic (exact) mass is 206 g/mol. The second-order valence-corrected chi connectivity index (χ2v) is 4.58. The molecule has 1 fully saturated rings. The van der Waals surface area contributed by atoms with Gasteiger partial charge in [-0.15, -0.1) is 0 Å². The first-order chi connectivity index (χ1) is 7.11. The number of aromatic nitrogens is 1. The van der Waals surface area contributed by atoms with Gasteiger partial charge in [-0.05, 0) is 30.9 Å². The van der Waals surface area contributed by atoms with Crippen molar-refractivity contribution in [2.75, 3.05) is 0 Å². The SMILES string of the molecule is CCc1ccc(CC2(O)CC(N)C2)nc1. The fraction of sp³-hybridized carbons (Fsp3) is 0.583. The second-order valence-electron chi connectivity index (χ2n) is 4.58. The number of nitrogens with two attached hydrogens (primary N) is 1. The van der Waals surface area contributed by atoms with Crippen LogP contribution in [0.1, 0.15) is 31.0 Å². The van der Waals surface area contributed by atoms with Crippen LogP contribution in [-0.4, -0.2) is 21.7 Å². The van der Waals surface area contributed by atoms with E-state index in [1.165, 1.54) is 5.56 Å². The second kappa shape index (κ2) is 3.91. The zero-order valence-corrected chi connectivity index (χ0v) is 9.11. The van der Waals surface area contributed by atoms with E-state index in [0.717, 1.165) is 12.1 Å². The van der Waals surface area contributed by atoms with Crippen LogP contribution in [0.25, 0.3) is 0 Å². The van der Waals surface area contributed by atoms with E-state index in [1.54, 1.807) is 0 Å². The zero-order chi connectivity index (χ0) is 10.9. The lowest BCUT2D eigenvalue weighted by Gasteiger charge is -2.41. The first-order valence-electron chi connectivity index (χ1n) is 5.53. The quantitative estimate of drug-likeness (QED) is 0.776. The molecule has 1 aliphatic rings. The molecular formula is C12H18N2O. The molecule has 3 N–H and O–H groups in total. The molecule has 3 heteroatoms. The molecular weight excluding hydrogens is 188 g/mol. The van der Waals surface area contributed by atoms with Crippen molar-refractivity contribution < 1.29 is 5.11 Å². The van der Waals surface area contributed by atoms with Crippen LogP contribution in [0.3, 0.4) is 0 Å². The molecule has 1 saturated carbocycles. The summed E-state index contributed by atoms with van der Waals surface area (Å²) >= 11 is 0. The molecule has 3 nitrogen and oxygen atoms in total. The predicted octanol–water partition coefficient (Wildman–Crippen LogP) is 1.04. The number of rotatable bonds is 3. The molecule has 0 bridgehead atoms. The van der Waals surface area contributed by atoms with Gasteiger partial charge in [0.05, 0.1) is 5.60 Å². The molecule has 1 aliphatic carbocycles. The highest BCUT2D eigenvalue weighted by Crippen LogP contribution is 2.33. The number of nitrogens with zero attached hydrogens (tertiary/aromatic N) is 1. The van der Waals surface area contributed by atoms with Crippen LogP contribution in [0.15, 0.2) is 18.3 Å². The average molecular weight is 206 g/mol. The summed E-state index contributed by atoms with van der Waals surface area (Å²) in [6, 6.07) is 4.25. The Labute approximate surface area is 90.3 Å². The summed E-state index contributed by atoms with van der Waals surface area (Å²) in [4.78, 5) is 4.34. The topological polar surface area (TPSA) is 59.1 Å². The molecule has 1 aromatic heterocycles. The summed E-state index contributed by atoms with van der Waals surface area (Å²) in [7, 11) is 0. The van der Waals surface area contributed by atoms with Gasteiger partial charge >= 0.3 is 0 Å². The first-order valence-corrected chi connectivity index (χ1v) is 5.53. The van der Waals surface area contributed by atoms with E-state index in [9.17, 15) is 5.11 Å². The highest BCUT2D eigenvalue weighted by atomic mass is 16.3. The van der Waals surface area contributed by atoms with E-state index < -0.39 is 5.60 Å². The minimum absolute atomic E-state index is 0.171. The molecule has 0 aliphatic heterocycles. The maximum absolute atomic E-state index is 10.0. The van der Waals surface area contributed by atoms with Crippen molar-refractivity contribution in [2.45, 2.75) is 44.2 Å². The van der Waals surface area contributed by atoms with Crippen molar-refractivity contribution in [1.29, 1.82) is 0 Å². The molecule has 2 rings (SSSR count). The van der Waals surface area contributed by atoms with Gasteiger partial charge in [0.25, 0.3) is 0 Å². The summed E-state index contributed by atoms with van der Waals surface area (Å²) in [6.45, 7) is 2.11. The van der Waals surface area contributed by atoms with Gasteiger partial charge in [0.2, 0.25) is 0 Å². The van der Waals surface area contributed by atoms with Crippen molar-refractivity contribution >= 4 is 0 Å². The Morgan fingerprint density at radius 1 is 1.53 bits per heavy atom. The van der Waals surface area contributed by atoms with E-state index in [1.807, 2.05) is 12.3 Å². The Morgan fingerprint density at radius 2 is 2.27 bits per heavy atom. The van der Waals surface area contributed by atoms with Crippen molar-refractivity contribution in [1.82, 2.24) is 4.98 Å². The van der Waals surface area contributed by atoms with Gasteiger partial charge in [-0.3, -0.25) is 4.98 Å². The van der Waals surface area contributed by atoms with E-state index in [-0.39, 0.29) is 6.04 Å². The van der Waals surface area contributed by atoms with Crippen LogP contribution in [0, 0.1) is 0 Å². The number of hydrogen-bond acceptors (Lipinski definition) is 3. The molecule has 82 valence electrons. The molecule has 1 aromatic rings. The molecule has 0 saturated heterocycles. The fourth-order valence-electron chi connectivity index (χ4n) is 2.17. The van der Waals surface area contributed by atoms with Crippen LogP contribution >= 0.6 is 0 Å². The molecule has 0 atom stereocenters. The van der Waals surface area contributed by atoms with Crippen LogP contribution in [-0.2, 0) is 12.8 Å². The normalized spacial score (nSPS) is 29.9. The van der Waals surface area contributed by atoms with Crippen molar-refractivity contribution in [3.63, 3.8) is 0 Å². The van der Waals surface area contributed by atoms with E-state index in [2.05, 4.69) is 18.0 Å². The molecule has 0 radical (unpaired) electrons. The molecule has 0 aromatic carbocycles. The lowest BCUT2D eigenvalue weighted by molar-refractivity contribution is -0.0462. The third-order valence-electron chi connectivity index (χ3n) is 3.09. The Hall–Kier alpha value is -0.930. The number of hydrogen-bond donors (Lipinski definition) is 2. The summed E-state index contributed by atoms with van der Waals surface area (Å²) in [5, 5.41) is 10.0. The summed E-state index contributed by atoms with van der Waals surface area (Å²) in [6.07, 6.45) is 4.92. The number of aliphatic hydroxyl groups is 1. The lowest BCUT2D eigenvalue weighted by Crippen LogP contribution is -2.52. The smallest absolute Gasteiger partial charge is 0.0732 e. The molecule has 0 spiro atoms. The summed E-state index contributed by atoms with van der Waals surface area (Å²) in [5.41, 5.74) is 7.27. The largest absolute Gasteiger partial charge is 0.389 e. The van der Waals surface area contributed by atoms with Crippen molar-refractivity contribution in [3.8, 4) is 0 Å². The van der Waals surface area contributed by atoms with Gasteiger partial charge in [-0.1, -0.05) is 13.0 Å². The lowest BCUT2D eigenvalue weighted by atomic mass is 9.73. The highest BCUT2D eigenvalue weighted by molar-refractivity contribution is 5.16. The van der Waals surface area contributed by atoms with Gasteiger partial charge in [0, 0.05) is 24.4 Å². The Bertz CT molecular complexity index is 328. The van der Waals surface area contributed by atoms with E-state index in [4.69, 9.17) is 5.73 Å². The van der Waals surface area contributed by atoms with E-state index in [0.29, 0.717) is 19.3 Å². The highest BCUT2D eigenvalue weighted by Gasteiger charge is 2.40. The van der Waals surface area contributed by atoms with Crippen LogP contribution in [0.2, 0.25) is 0 Å². The maximum Gasteiger partial charge on any atom is 0.0732 e.